The number of amides is 2. The lowest BCUT2D eigenvalue weighted by Crippen LogP contribution is -2.21. The van der Waals surface area contributed by atoms with Crippen molar-refractivity contribution in [3.63, 3.8) is 0 Å². The van der Waals surface area contributed by atoms with E-state index in [2.05, 4.69) is 15.3 Å². The molecule has 1 N–H and O–H groups in total. The number of benzene rings is 2. The van der Waals surface area contributed by atoms with Gasteiger partial charge in [0.1, 0.15) is 11.5 Å². The quantitative estimate of drug-likeness (QED) is 0.775. The predicted molar refractivity (Wildman–Crippen MR) is 95.4 cm³/mol. The van der Waals surface area contributed by atoms with Crippen LogP contribution in [0.5, 0.6) is 0 Å². The number of hydrogen-bond acceptors (Lipinski definition) is 3. The highest BCUT2D eigenvalue weighted by atomic mass is 35.5. The summed E-state index contributed by atoms with van der Waals surface area (Å²) in [6.45, 7) is 2.49. The molecule has 6 heteroatoms. The van der Waals surface area contributed by atoms with Crippen LogP contribution in [0.3, 0.4) is 0 Å². The van der Waals surface area contributed by atoms with E-state index in [1.807, 2.05) is 43.3 Å². The van der Waals surface area contributed by atoms with Gasteiger partial charge in [0.15, 0.2) is 0 Å². The second-order valence-corrected chi connectivity index (χ2v) is 6.15. The molecular formula is C19H14ClN3O2. The molecule has 0 fully saturated rings. The molecule has 0 atom stereocenters. The first-order chi connectivity index (χ1) is 12.1. The Balaban J connectivity index is 1.52. The zero-order valence-electron chi connectivity index (χ0n) is 13.4. The minimum atomic E-state index is -0.459. The molecule has 0 spiro atoms. The van der Waals surface area contributed by atoms with Gasteiger partial charge in [-0.2, -0.15) is 9.98 Å². The molecule has 0 unspecified atom stereocenters. The van der Waals surface area contributed by atoms with Crippen LogP contribution in [-0.2, 0) is 6.54 Å². The average Bonchev–Trinajstić information content (AvgIpc) is 3.20. The van der Waals surface area contributed by atoms with E-state index in [4.69, 9.17) is 16.0 Å². The third-order valence-electron chi connectivity index (χ3n) is 4.07. The molecule has 25 heavy (non-hydrogen) atoms. The van der Waals surface area contributed by atoms with Crippen molar-refractivity contribution in [2.75, 3.05) is 5.32 Å². The number of nitrogens with one attached hydrogen (secondary N) is 1. The molecule has 2 heterocycles. The number of furan rings is 1. The average molecular weight is 352 g/mol. The summed E-state index contributed by atoms with van der Waals surface area (Å²) in [7, 11) is 0. The zero-order chi connectivity index (χ0) is 17.4. The Morgan fingerprint density at radius 1 is 1.08 bits per heavy atom. The van der Waals surface area contributed by atoms with Crippen LogP contribution < -0.4 is 16.0 Å². The molecule has 2 aromatic carbocycles. The summed E-state index contributed by atoms with van der Waals surface area (Å²) in [5, 5.41) is 5.17. The molecule has 0 saturated carbocycles. The highest BCUT2D eigenvalue weighted by Gasteiger charge is 2.10. The maximum Gasteiger partial charge on any atom is 0.368 e. The van der Waals surface area contributed by atoms with E-state index in [-0.39, 0.29) is 0 Å². The lowest BCUT2D eigenvalue weighted by atomic mass is 10.1. The van der Waals surface area contributed by atoms with Gasteiger partial charge in [-0.3, -0.25) is 0 Å². The molecule has 1 aromatic heterocycles. The largest absolute Gasteiger partial charge is 0.459 e. The smallest absolute Gasteiger partial charge is 0.368 e. The number of urea groups is 1. The van der Waals surface area contributed by atoms with Gasteiger partial charge >= 0.3 is 6.03 Å². The van der Waals surface area contributed by atoms with Gasteiger partial charge in [-0.1, -0.05) is 23.7 Å². The third-order valence-corrected chi connectivity index (χ3v) is 4.48. The normalized spacial score (nSPS) is 12.5. The summed E-state index contributed by atoms with van der Waals surface area (Å²) in [6, 6.07) is 14.6. The second-order valence-electron chi connectivity index (χ2n) is 5.74. The maximum absolute atomic E-state index is 11.2. The Kier molecular flexibility index (Phi) is 3.86. The van der Waals surface area contributed by atoms with Crippen LogP contribution in [0.4, 0.5) is 10.5 Å². The fourth-order valence-electron chi connectivity index (χ4n) is 2.73. The topological polar surface area (TPSA) is 67.0 Å². The van der Waals surface area contributed by atoms with Crippen LogP contribution in [0.25, 0.3) is 11.3 Å². The van der Waals surface area contributed by atoms with Crippen LogP contribution in [-0.4, -0.2) is 6.03 Å². The van der Waals surface area contributed by atoms with Crippen molar-refractivity contribution in [3.05, 3.63) is 75.6 Å². The Labute approximate surface area is 148 Å². The summed E-state index contributed by atoms with van der Waals surface area (Å²) in [5.74, 6) is 1.58. The van der Waals surface area contributed by atoms with Gasteiger partial charge in [0, 0.05) is 16.3 Å². The first-order valence-corrected chi connectivity index (χ1v) is 8.17. The number of rotatable bonds is 4. The molecule has 5 nitrogen and oxygen atoms in total. The van der Waals surface area contributed by atoms with Gasteiger partial charge in [0.25, 0.3) is 0 Å². The number of halogens is 1. The Morgan fingerprint density at radius 2 is 1.92 bits per heavy atom. The monoisotopic (exact) mass is 351 g/mol. The minimum absolute atomic E-state index is 0.459. The summed E-state index contributed by atoms with van der Waals surface area (Å²) in [4.78, 5) is 18.9. The first-order valence-electron chi connectivity index (χ1n) is 7.80. The standard InChI is InChI=1S/C19H14ClN3O2/c1-11-14(3-2-4-15(11)20)18-8-6-13(25-18)10-21-12-5-7-16-17(9-12)23-19(24)22-16/h2-9,21H,10H2,1H3. The molecule has 4 rings (SSSR count). The van der Waals surface area contributed by atoms with Gasteiger partial charge in [0.2, 0.25) is 0 Å². The van der Waals surface area contributed by atoms with Crippen molar-refractivity contribution in [1.29, 1.82) is 0 Å². The Morgan fingerprint density at radius 3 is 2.80 bits per heavy atom. The number of carbonyl (C=O) groups is 1. The molecule has 3 aromatic rings. The molecule has 0 radical (unpaired) electrons. The van der Waals surface area contributed by atoms with E-state index in [9.17, 15) is 4.79 Å². The summed E-state index contributed by atoms with van der Waals surface area (Å²) in [6.07, 6.45) is 0. The van der Waals surface area contributed by atoms with Gasteiger partial charge in [-0.25, -0.2) is 4.79 Å². The Bertz CT molecular complexity index is 1100. The highest BCUT2D eigenvalue weighted by Crippen LogP contribution is 2.29. The Hall–Kier alpha value is -2.92. The molecular weight excluding hydrogens is 338 g/mol. The van der Waals surface area contributed by atoms with Crippen LogP contribution >= 0.6 is 11.6 Å². The van der Waals surface area contributed by atoms with E-state index in [0.717, 1.165) is 33.4 Å². The summed E-state index contributed by atoms with van der Waals surface area (Å²) >= 11 is 6.17. The highest BCUT2D eigenvalue weighted by molar-refractivity contribution is 6.31. The van der Waals surface area contributed by atoms with Crippen LogP contribution in [0.15, 0.2) is 62.9 Å². The predicted octanol–water partition coefficient (Wildman–Crippen LogP) is 3.89. The number of carbonyl (C=O) groups excluding carboxylic acids is 1. The zero-order valence-corrected chi connectivity index (χ0v) is 14.2. The van der Waals surface area contributed by atoms with Crippen molar-refractivity contribution >= 4 is 23.3 Å². The lowest BCUT2D eigenvalue weighted by molar-refractivity contribution is 0.256. The van der Waals surface area contributed by atoms with Gasteiger partial charge < -0.3 is 9.73 Å². The molecule has 1 aliphatic heterocycles. The van der Waals surface area contributed by atoms with Crippen molar-refractivity contribution in [1.82, 2.24) is 0 Å². The van der Waals surface area contributed by atoms with Crippen molar-refractivity contribution in [3.8, 4) is 11.3 Å². The second kappa shape index (κ2) is 6.18. The number of hydrogen-bond donors (Lipinski definition) is 1. The van der Waals surface area contributed by atoms with Crippen LogP contribution in [0, 0.1) is 6.92 Å². The number of nitrogens with zero attached hydrogens (tertiary/aromatic N) is 2. The minimum Gasteiger partial charge on any atom is -0.459 e. The maximum atomic E-state index is 11.2. The van der Waals surface area contributed by atoms with Crippen molar-refractivity contribution in [2.45, 2.75) is 13.5 Å². The summed E-state index contributed by atoms with van der Waals surface area (Å²) < 4.78 is 5.92. The summed E-state index contributed by atoms with van der Waals surface area (Å²) in [5.41, 5.74) is 2.83. The van der Waals surface area contributed by atoms with Gasteiger partial charge in [-0.05, 0) is 48.9 Å². The van der Waals surface area contributed by atoms with E-state index < -0.39 is 6.03 Å². The van der Waals surface area contributed by atoms with E-state index in [1.54, 1.807) is 12.1 Å². The number of anilines is 1. The molecule has 0 bridgehead atoms. The van der Waals surface area contributed by atoms with Crippen molar-refractivity contribution < 1.29 is 9.21 Å². The van der Waals surface area contributed by atoms with Crippen LogP contribution in [0.2, 0.25) is 5.02 Å². The molecule has 0 aliphatic carbocycles. The first kappa shape index (κ1) is 15.6. The third kappa shape index (κ3) is 3.06. The van der Waals surface area contributed by atoms with E-state index >= 15 is 0 Å². The van der Waals surface area contributed by atoms with Crippen LogP contribution in [0.1, 0.15) is 11.3 Å². The van der Waals surface area contributed by atoms with E-state index in [0.29, 0.717) is 17.3 Å². The number of fused-ring (bicyclic) bond motifs is 1. The molecule has 1 aliphatic rings. The van der Waals surface area contributed by atoms with Crippen molar-refractivity contribution in [2.24, 2.45) is 9.98 Å². The fourth-order valence-corrected chi connectivity index (χ4v) is 2.90. The molecule has 124 valence electrons. The lowest BCUT2D eigenvalue weighted by Gasteiger charge is -2.05. The van der Waals surface area contributed by atoms with Gasteiger partial charge in [0.05, 0.1) is 17.3 Å². The van der Waals surface area contributed by atoms with Gasteiger partial charge in [-0.15, -0.1) is 0 Å². The molecule has 2 amide bonds. The van der Waals surface area contributed by atoms with E-state index in [1.165, 1.54) is 0 Å². The fraction of sp³-hybridized carbons (Fsp3) is 0.105. The SMILES string of the molecule is Cc1c(Cl)cccc1-c1ccc(CNc2ccc3c(c2)=NC(=O)N=3)o1. The molecule has 0 saturated heterocycles.